The highest BCUT2D eigenvalue weighted by Gasteiger charge is 1.98. The van der Waals surface area contributed by atoms with Gasteiger partial charge in [0.1, 0.15) is 12.1 Å². The number of rotatable bonds is 1. The van der Waals surface area contributed by atoms with Crippen molar-refractivity contribution in [1.82, 2.24) is 0 Å². The smallest absolute Gasteiger partial charge is 0.150 e. The fourth-order valence-corrected chi connectivity index (χ4v) is 0.722. The zero-order valence-electron chi connectivity index (χ0n) is 5.67. The molecule has 0 fully saturated rings. The first-order chi connectivity index (χ1) is 5.27. The fraction of sp³-hybridized carbons (Fsp3) is 0. The first-order valence-electron chi connectivity index (χ1n) is 2.99. The molecule has 0 aromatic heterocycles. The van der Waals surface area contributed by atoms with E-state index in [0.717, 1.165) is 6.07 Å². The standard InChI is InChI=1S/C9H5FO/c1-2-8-4-3-7(6-11)5-9(8)10/h1,3-6H. The highest BCUT2D eigenvalue weighted by atomic mass is 19.1. The Labute approximate surface area is 63.9 Å². The van der Waals surface area contributed by atoms with Crippen LogP contribution in [0.5, 0.6) is 0 Å². The zero-order valence-corrected chi connectivity index (χ0v) is 5.67. The van der Waals surface area contributed by atoms with E-state index in [1.165, 1.54) is 12.1 Å². The molecule has 0 unspecified atom stereocenters. The average molecular weight is 148 g/mol. The summed E-state index contributed by atoms with van der Waals surface area (Å²) in [6, 6.07) is 3.99. The summed E-state index contributed by atoms with van der Waals surface area (Å²) < 4.78 is 12.7. The Morgan fingerprint density at radius 3 is 2.73 bits per heavy atom. The molecule has 1 aromatic rings. The second-order valence-electron chi connectivity index (χ2n) is 2.00. The molecule has 1 nitrogen and oxygen atoms in total. The minimum Gasteiger partial charge on any atom is -0.298 e. The SMILES string of the molecule is C#Cc1ccc(C=O)cc1F. The first kappa shape index (κ1) is 7.49. The van der Waals surface area contributed by atoms with E-state index in [1.807, 2.05) is 0 Å². The average Bonchev–Trinajstić information content (AvgIpc) is 2.04. The fourth-order valence-electron chi connectivity index (χ4n) is 0.722. The third-order valence-electron chi connectivity index (χ3n) is 1.28. The highest BCUT2D eigenvalue weighted by molar-refractivity contribution is 5.75. The molecule has 1 aromatic carbocycles. The van der Waals surface area contributed by atoms with Gasteiger partial charge >= 0.3 is 0 Å². The van der Waals surface area contributed by atoms with Gasteiger partial charge in [-0.3, -0.25) is 4.79 Å². The predicted molar refractivity (Wildman–Crippen MR) is 39.7 cm³/mol. The summed E-state index contributed by atoms with van der Waals surface area (Å²) >= 11 is 0. The van der Waals surface area contributed by atoms with Crippen LogP contribution in [0.3, 0.4) is 0 Å². The number of carbonyl (C=O) groups is 1. The van der Waals surface area contributed by atoms with E-state index in [1.54, 1.807) is 0 Å². The van der Waals surface area contributed by atoms with Crippen molar-refractivity contribution in [1.29, 1.82) is 0 Å². The van der Waals surface area contributed by atoms with Gasteiger partial charge in [-0.05, 0) is 12.1 Å². The second-order valence-corrected chi connectivity index (χ2v) is 2.00. The summed E-state index contributed by atoms with van der Waals surface area (Å²) in [4.78, 5) is 10.1. The molecule has 0 radical (unpaired) electrons. The van der Waals surface area contributed by atoms with E-state index in [-0.39, 0.29) is 5.56 Å². The zero-order chi connectivity index (χ0) is 8.27. The summed E-state index contributed by atoms with van der Waals surface area (Å²) in [5, 5.41) is 0. The molecule has 0 aliphatic heterocycles. The maximum absolute atomic E-state index is 12.7. The van der Waals surface area contributed by atoms with Crippen molar-refractivity contribution in [3.05, 3.63) is 35.1 Å². The third-order valence-corrected chi connectivity index (χ3v) is 1.28. The Balaban J connectivity index is 3.22. The van der Waals surface area contributed by atoms with Crippen LogP contribution in [0, 0.1) is 18.2 Å². The molecule has 0 amide bonds. The largest absolute Gasteiger partial charge is 0.298 e. The minimum atomic E-state index is -0.530. The van der Waals surface area contributed by atoms with Gasteiger partial charge in [0.2, 0.25) is 0 Å². The van der Waals surface area contributed by atoms with Crippen molar-refractivity contribution in [3.8, 4) is 12.3 Å². The number of hydrogen-bond donors (Lipinski definition) is 0. The number of benzene rings is 1. The minimum absolute atomic E-state index is 0.176. The Morgan fingerprint density at radius 2 is 2.27 bits per heavy atom. The maximum atomic E-state index is 12.7. The van der Waals surface area contributed by atoms with E-state index in [4.69, 9.17) is 6.42 Å². The summed E-state index contributed by atoms with van der Waals surface area (Å²) in [7, 11) is 0. The van der Waals surface area contributed by atoms with Gasteiger partial charge in [-0.1, -0.05) is 12.0 Å². The number of terminal acetylenes is 1. The van der Waals surface area contributed by atoms with Crippen LogP contribution in [0.1, 0.15) is 15.9 Å². The molecule has 0 heterocycles. The lowest BCUT2D eigenvalue weighted by atomic mass is 10.1. The molecule has 0 aliphatic carbocycles. The van der Waals surface area contributed by atoms with Crippen LogP contribution in [0.2, 0.25) is 0 Å². The molecular formula is C9H5FO. The van der Waals surface area contributed by atoms with Crippen LogP contribution in [-0.4, -0.2) is 6.29 Å². The van der Waals surface area contributed by atoms with Crippen molar-refractivity contribution in [2.75, 3.05) is 0 Å². The van der Waals surface area contributed by atoms with E-state index < -0.39 is 5.82 Å². The van der Waals surface area contributed by atoms with Crippen LogP contribution in [0.15, 0.2) is 18.2 Å². The Hall–Kier alpha value is -1.62. The van der Waals surface area contributed by atoms with Gasteiger partial charge in [-0.2, -0.15) is 0 Å². The normalized spacial score (nSPS) is 8.73. The summed E-state index contributed by atoms with van der Waals surface area (Å²) in [6.45, 7) is 0. The summed E-state index contributed by atoms with van der Waals surface area (Å²) in [6.07, 6.45) is 5.54. The number of halogens is 1. The van der Waals surface area contributed by atoms with Gasteiger partial charge in [-0.25, -0.2) is 4.39 Å². The van der Waals surface area contributed by atoms with Gasteiger partial charge in [0.25, 0.3) is 0 Å². The Morgan fingerprint density at radius 1 is 1.55 bits per heavy atom. The lowest BCUT2D eigenvalue weighted by Gasteiger charge is -1.93. The van der Waals surface area contributed by atoms with Crippen LogP contribution in [-0.2, 0) is 0 Å². The number of aldehydes is 1. The molecule has 0 aliphatic rings. The van der Waals surface area contributed by atoms with E-state index >= 15 is 0 Å². The van der Waals surface area contributed by atoms with E-state index in [2.05, 4.69) is 5.92 Å². The van der Waals surface area contributed by atoms with Crippen LogP contribution < -0.4 is 0 Å². The van der Waals surface area contributed by atoms with Gasteiger partial charge in [0.05, 0.1) is 5.56 Å². The van der Waals surface area contributed by atoms with Gasteiger partial charge in [-0.15, -0.1) is 6.42 Å². The molecule has 1 rings (SSSR count). The monoisotopic (exact) mass is 148 g/mol. The van der Waals surface area contributed by atoms with E-state index in [9.17, 15) is 9.18 Å². The molecule has 0 bridgehead atoms. The van der Waals surface area contributed by atoms with Crippen LogP contribution in [0.4, 0.5) is 4.39 Å². The van der Waals surface area contributed by atoms with Crippen LogP contribution >= 0.6 is 0 Å². The van der Waals surface area contributed by atoms with Crippen LogP contribution in [0.25, 0.3) is 0 Å². The molecule has 0 N–H and O–H groups in total. The molecule has 0 saturated heterocycles. The van der Waals surface area contributed by atoms with Gasteiger partial charge < -0.3 is 0 Å². The molecule has 0 saturated carbocycles. The van der Waals surface area contributed by atoms with E-state index in [0.29, 0.717) is 11.8 Å². The maximum Gasteiger partial charge on any atom is 0.150 e. The van der Waals surface area contributed by atoms with Crippen molar-refractivity contribution < 1.29 is 9.18 Å². The highest BCUT2D eigenvalue weighted by Crippen LogP contribution is 2.07. The van der Waals surface area contributed by atoms with Gasteiger partial charge in [0.15, 0.2) is 0 Å². The molecule has 0 spiro atoms. The molecular weight excluding hydrogens is 143 g/mol. The third kappa shape index (κ3) is 1.44. The van der Waals surface area contributed by atoms with Crippen molar-refractivity contribution >= 4 is 6.29 Å². The molecule has 2 heteroatoms. The van der Waals surface area contributed by atoms with Crippen molar-refractivity contribution in [2.24, 2.45) is 0 Å². The molecule has 11 heavy (non-hydrogen) atoms. The predicted octanol–water partition coefficient (Wildman–Crippen LogP) is 1.62. The number of carbonyl (C=O) groups excluding carboxylic acids is 1. The van der Waals surface area contributed by atoms with Crippen molar-refractivity contribution in [3.63, 3.8) is 0 Å². The molecule has 54 valence electrons. The Kier molecular flexibility index (Phi) is 2.03. The summed E-state index contributed by atoms with van der Waals surface area (Å²) in [5.41, 5.74) is 0.470. The van der Waals surface area contributed by atoms with Gasteiger partial charge in [0, 0.05) is 5.56 Å². The summed E-state index contributed by atoms with van der Waals surface area (Å²) in [5.74, 6) is 1.63. The Bertz CT molecular complexity index is 323. The first-order valence-corrected chi connectivity index (χ1v) is 2.99. The topological polar surface area (TPSA) is 17.1 Å². The second kappa shape index (κ2) is 2.98. The lowest BCUT2D eigenvalue weighted by Crippen LogP contribution is -1.86. The quantitative estimate of drug-likeness (QED) is 0.437. The lowest BCUT2D eigenvalue weighted by molar-refractivity contribution is 0.112. The molecule has 0 atom stereocenters. The van der Waals surface area contributed by atoms with Crippen molar-refractivity contribution in [2.45, 2.75) is 0 Å². The number of hydrogen-bond acceptors (Lipinski definition) is 1.